The van der Waals surface area contributed by atoms with Crippen molar-refractivity contribution in [1.29, 1.82) is 0 Å². The Hall–Kier alpha value is -2.18. The standard InChI is InChI=1S/C17H22FN5O/c1-17(2,18)16(24)23-7-5-22(6-8-23)15-13-12(11-3-4-11)9-19-14(13)20-10-21-15/h9-11H,3-8H2,1-2H3,(H,19,20,21). The molecule has 1 saturated heterocycles. The Morgan fingerprint density at radius 1 is 1.25 bits per heavy atom. The smallest absolute Gasteiger partial charge is 0.259 e. The fraction of sp³-hybridized carbons (Fsp3) is 0.588. The molecule has 3 heterocycles. The molecule has 2 aromatic heterocycles. The van der Waals surface area contributed by atoms with Crippen molar-refractivity contribution in [2.75, 3.05) is 31.1 Å². The van der Waals surface area contributed by atoms with Crippen LogP contribution < -0.4 is 4.90 Å². The SMILES string of the molecule is CC(C)(F)C(=O)N1CCN(c2ncnc3[nH]cc(C4CC4)c23)CC1. The summed E-state index contributed by atoms with van der Waals surface area (Å²) in [6.45, 7) is 4.98. The number of hydrogen-bond acceptors (Lipinski definition) is 4. The lowest BCUT2D eigenvalue weighted by atomic mass is 10.1. The van der Waals surface area contributed by atoms with Gasteiger partial charge >= 0.3 is 0 Å². The van der Waals surface area contributed by atoms with E-state index in [1.807, 2.05) is 6.20 Å². The van der Waals surface area contributed by atoms with E-state index >= 15 is 0 Å². The average molecular weight is 331 g/mol. The second-order valence-electron chi connectivity index (χ2n) is 7.19. The van der Waals surface area contributed by atoms with E-state index in [0.29, 0.717) is 32.1 Å². The van der Waals surface area contributed by atoms with Crippen molar-refractivity contribution >= 4 is 22.8 Å². The Bertz CT molecular complexity index is 769. The van der Waals surface area contributed by atoms with Crippen molar-refractivity contribution in [2.45, 2.75) is 38.3 Å². The molecule has 0 bridgehead atoms. The van der Waals surface area contributed by atoms with Crippen LogP contribution in [0.4, 0.5) is 10.2 Å². The molecular formula is C17H22FN5O. The van der Waals surface area contributed by atoms with Crippen LogP contribution in [0, 0.1) is 0 Å². The molecule has 7 heteroatoms. The second kappa shape index (κ2) is 5.43. The van der Waals surface area contributed by atoms with Gasteiger partial charge in [-0.05, 0) is 38.2 Å². The molecule has 6 nitrogen and oxygen atoms in total. The van der Waals surface area contributed by atoms with Crippen LogP contribution in [0.15, 0.2) is 12.5 Å². The number of aromatic amines is 1. The predicted molar refractivity (Wildman–Crippen MR) is 89.8 cm³/mol. The van der Waals surface area contributed by atoms with Crippen molar-refractivity contribution in [1.82, 2.24) is 19.9 Å². The van der Waals surface area contributed by atoms with Crippen molar-refractivity contribution in [3.8, 4) is 0 Å². The van der Waals surface area contributed by atoms with Crippen LogP contribution in [-0.4, -0.2) is 57.6 Å². The molecule has 4 rings (SSSR count). The third-order valence-electron chi connectivity index (χ3n) is 4.87. The van der Waals surface area contributed by atoms with Crippen LogP contribution >= 0.6 is 0 Å². The van der Waals surface area contributed by atoms with Crippen molar-refractivity contribution in [3.05, 3.63) is 18.1 Å². The van der Waals surface area contributed by atoms with Gasteiger partial charge in [-0.2, -0.15) is 0 Å². The normalized spacial score (nSPS) is 19.1. The van der Waals surface area contributed by atoms with E-state index in [2.05, 4.69) is 19.9 Å². The highest BCUT2D eigenvalue weighted by molar-refractivity contribution is 5.92. The molecule has 2 aliphatic rings. The quantitative estimate of drug-likeness (QED) is 0.937. The topological polar surface area (TPSA) is 65.1 Å². The summed E-state index contributed by atoms with van der Waals surface area (Å²) in [7, 11) is 0. The minimum absolute atomic E-state index is 0.435. The maximum Gasteiger partial charge on any atom is 0.259 e. The first-order chi connectivity index (χ1) is 11.4. The van der Waals surface area contributed by atoms with Gasteiger partial charge in [-0.1, -0.05) is 0 Å². The van der Waals surface area contributed by atoms with Crippen LogP contribution in [0.25, 0.3) is 11.0 Å². The molecular weight excluding hydrogens is 309 g/mol. The summed E-state index contributed by atoms with van der Waals surface area (Å²) in [6.07, 6.45) is 6.06. The summed E-state index contributed by atoms with van der Waals surface area (Å²) in [4.78, 5) is 28.0. The van der Waals surface area contributed by atoms with Crippen molar-refractivity contribution in [2.24, 2.45) is 0 Å². The molecule has 0 unspecified atom stereocenters. The summed E-state index contributed by atoms with van der Waals surface area (Å²) >= 11 is 0. The van der Waals surface area contributed by atoms with E-state index in [0.717, 1.165) is 16.9 Å². The molecule has 1 aliphatic carbocycles. The largest absolute Gasteiger partial charge is 0.352 e. The second-order valence-corrected chi connectivity index (χ2v) is 7.19. The highest BCUT2D eigenvalue weighted by Gasteiger charge is 2.34. The Balaban J connectivity index is 1.57. The van der Waals surface area contributed by atoms with Crippen molar-refractivity contribution in [3.63, 3.8) is 0 Å². The van der Waals surface area contributed by atoms with Gasteiger partial charge in [0.1, 0.15) is 17.8 Å². The van der Waals surface area contributed by atoms with Gasteiger partial charge in [-0.25, -0.2) is 14.4 Å². The number of alkyl halides is 1. The van der Waals surface area contributed by atoms with E-state index in [9.17, 15) is 9.18 Å². The number of carbonyl (C=O) groups is 1. The van der Waals surface area contributed by atoms with Crippen LogP contribution in [-0.2, 0) is 4.79 Å². The first-order valence-corrected chi connectivity index (χ1v) is 8.50. The molecule has 1 amide bonds. The number of anilines is 1. The van der Waals surface area contributed by atoms with Gasteiger partial charge < -0.3 is 14.8 Å². The fourth-order valence-corrected chi connectivity index (χ4v) is 3.42. The monoisotopic (exact) mass is 331 g/mol. The number of hydrogen-bond donors (Lipinski definition) is 1. The fourth-order valence-electron chi connectivity index (χ4n) is 3.42. The summed E-state index contributed by atoms with van der Waals surface area (Å²) in [5.74, 6) is 1.10. The number of nitrogens with zero attached hydrogens (tertiary/aromatic N) is 4. The van der Waals surface area contributed by atoms with Gasteiger partial charge in [0.15, 0.2) is 5.67 Å². The Kier molecular flexibility index (Phi) is 3.47. The number of amides is 1. The van der Waals surface area contributed by atoms with Gasteiger partial charge in [0.2, 0.25) is 0 Å². The molecule has 1 saturated carbocycles. The molecule has 0 radical (unpaired) electrons. The lowest BCUT2D eigenvalue weighted by molar-refractivity contribution is -0.142. The van der Waals surface area contributed by atoms with E-state index in [-0.39, 0.29) is 0 Å². The first-order valence-electron chi connectivity index (χ1n) is 8.50. The summed E-state index contributed by atoms with van der Waals surface area (Å²) in [5.41, 5.74) is 0.346. The van der Waals surface area contributed by atoms with E-state index in [1.165, 1.54) is 32.3 Å². The molecule has 128 valence electrons. The molecule has 0 spiro atoms. The van der Waals surface area contributed by atoms with E-state index in [1.54, 1.807) is 11.2 Å². The maximum atomic E-state index is 13.9. The number of H-pyrrole nitrogens is 1. The molecule has 1 N–H and O–H groups in total. The Morgan fingerprint density at radius 3 is 2.58 bits per heavy atom. The number of halogens is 1. The zero-order valence-electron chi connectivity index (χ0n) is 14.0. The van der Waals surface area contributed by atoms with E-state index < -0.39 is 11.6 Å². The zero-order chi connectivity index (χ0) is 16.9. The van der Waals surface area contributed by atoms with Gasteiger partial charge in [0.25, 0.3) is 5.91 Å². The predicted octanol–water partition coefficient (Wildman–Crippen LogP) is 2.23. The third kappa shape index (κ3) is 2.61. The highest BCUT2D eigenvalue weighted by Crippen LogP contribution is 2.44. The van der Waals surface area contributed by atoms with Gasteiger partial charge in [0.05, 0.1) is 5.39 Å². The van der Waals surface area contributed by atoms with Gasteiger partial charge in [-0.3, -0.25) is 4.79 Å². The first kappa shape index (κ1) is 15.4. The number of fused-ring (bicyclic) bond motifs is 1. The average Bonchev–Trinajstić information content (AvgIpc) is 3.32. The molecule has 2 fully saturated rings. The van der Waals surface area contributed by atoms with Crippen molar-refractivity contribution < 1.29 is 9.18 Å². The van der Waals surface area contributed by atoms with Crippen LogP contribution in [0.5, 0.6) is 0 Å². The highest BCUT2D eigenvalue weighted by atomic mass is 19.1. The lowest BCUT2D eigenvalue weighted by Gasteiger charge is -2.37. The lowest BCUT2D eigenvalue weighted by Crippen LogP contribution is -2.53. The molecule has 0 atom stereocenters. The maximum absolute atomic E-state index is 13.9. The van der Waals surface area contributed by atoms with Crippen LogP contribution in [0.1, 0.15) is 38.2 Å². The minimum Gasteiger partial charge on any atom is -0.352 e. The Morgan fingerprint density at radius 2 is 1.96 bits per heavy atom. The van der Waals surface area contributed by atoms with Gasteiger partial charge in [-0.15, -0.1) is 0 Å². The summed E-state index contributed by atoms with van der Waals surface area (Å²) in [6, 6.07) is 0. The molecule has 0 aromatic carbocycles. The molecule has 2 aromatic rings. The number of piperazine rings is 1. The summed E-state index contributed by atoms with van der Waals surface area (Å²) in [5, 5.41) is 1.10. The number of nitrogens with one attached hydrogen (secondary N) is 1. The summed E-state index contributed by atoms with van der Waals surface area (Å²) < 4.78 is 13.9. The number of rotatable bonds is 3. The van der Waals surface area contributed by atoms with Gasteiger partial charge in [0, 0.05) is 32.4 Å². The zero-order valence-corrected chi connectivity index (χ0v) is 14.0. The number of carbonyl (C=O) groups excluding carboxylic acids is 1. The van der Waals surface area contributed by atoms with E-state index in [4.69, 9.17) is 0 Å². The van der Waals surface area contributed by atoms with Crippen LogP contribution in [0.3, 0.4) is 0 Å². The van der Waals surface area contributed by atoms with Crippen LogP contribution in [0.2, 0.25) is 0 Å². The minimum atomic E-state index is -1.82. The molecule has 24 heavy (non-hydrogen) atoms. The Labute approximate surface area is 140 Å². The third-order valence-corrected chi connectivity index (χ3v) is 4.87. The number of aromatic nitrogens is 3. The molecule has 1 aliphatic heterocycles.